The molecule has 2 aromatic heterocycles. The third-order valence-corrected chi connectivity index (χ3v) is 15.8. The molecule has 10 rings (SSSR count). The predicted octanol–water partition coefficient (Wildman–Crippen LogP) is 10.0. The summed E-state index contributed by atoms with van der Waals surface area (Å²) in [6.45, 7) is 0. The molecule has 0 aliphatic heterocycles. The van der Waals surface area contributed by atoms with Crippen LogP contribution in [-0.2, 0) is 6.42 Å². The monoisotopic (exact) mass is 695 g/mol. The van der Waals surface area contributed by atoms with E-state index in [1.165, 1.54) is 48.5 Å². The van der Waals surface area contributed by atoms with Crippen LogP contribution in [0.5, 0.6) is 0 Å². The Kier molecular flexibility index (Phi) is 7.66. The van der Waals surface area contributed by atoms with E-state index in [1.54, 1.807) is 0 Å². The van der Waals surface area contributed by atoms with Crippen molar-refractivity contribution in [1.82, 2.24) is 4.57 Å². The van der Waals surface area contributed by atoms with Crippen molar-refractivity contribution in [2.75, 3.05) is 0 Å². The van der Waals surface area contributed by atoms with Gasteiger partial charge in [0, 0.05) is 27.5 Å². The summed E-state index contributed by atoms with van der Waals surface area (Å²) in [5.74, 6) is 0. The number of fused-ring (bicyclic) bond motifs is 6. The fourth-order valence-corrected chi connectivity index (χ4v) is 13.4. The molecule has 3 heteroatoms. The quantitative estimate of drug-likeness (QED) is 0.0923. The zero-order chi connectivity index (χ0) is 35.2. The molecule has 0 radical (unpaired) electrons. The van der Waals surface area contributed by atoms with E-state index in [1.807, 2.05) is 0 Å². The third-order valence-electron chi connectivity index (χ3n) is 11.0. The minimum absolute atomic E-state index is 0.903. The summed E-state index contributed by atoms with van der Waals surface area (Å²) < 4.78 is 8.79. The van der Waals surface area contributed by atoms with Gasteiger partial charge in [-0.1, -0.05) is 158 Å². The Bertz CT molecular complexity index is 2730. The number of allylic oxidation sites excluding steroid dienone is 1. The molecule has 252 valence electrons. The Labute approximate surface area is 310 Å². The van der Waals surface area contributed by atoms with Crippen molar-refractivity contribution in [1.29, 1.82) is 0 Å². The van der Waals surface area contributed by atoms with Gasteiger partial charge in [0.15, 0.2) is 8.07 Å². The maximum atomic E-state index is 6.38. The summed E-state index contributed by atoms with van der Waals surface area (Å²) in [7, 11) is -2.60. The molecule has 0 saturated carbocycles. The van der Waals surface area contributed by atoms with E-state index >= 15 is 0 Å². The first-order valence-electron chi connectivity index (χ1n) is 18.5. The predicted molar refractivity (Wildman–Crippen MR) is 227 cm³/mol. The van der Waals surface area contributed by atoms with Crippen LogP contribution >= 0.6 is 0 Å². The smallest absolute Gasteiger partial charge is 0.179 e. The van der Waals surface area contributed by atoms with Crippen LogP contribution < -0.4 is 20.7 Å². The van der Waals surface area contributed by atoms with Gasteiger partial charge in [0.05, 0.1) is 5.52 Å². The van der Waals surface area contributed by atoms with Crippen molar-refractivity contribution >= 4 is 79.9 Å². The lowest BCUT2D eigenvalue weighted by Crippen LogP contribution is -2.74. The molecule has 0 bridgehead atoms. The third kappa shape index (κ3) is 5.24. The highest BCUT2D eigenvalue weighted by Gasteiger charge is 2.41. The molecule has 9 aromatic rings. The first kappa shape index (κ1) is 31.3. The van der Waals surface area contributed by atoms with E-state index in [4.69, 9.17) is 4.42 Å². The zero-order valence-corrected chi connectivity index (χ0v) is 30.3. The second-order valence-electron chi connectivity index (χ2n) is 14.0. The van der Waals surface area contributed by atoms with Crippen LogP contribution in [0.1, 0.15) is 28.8 Å². The highest BCUT2D eigenvalue weighted by molar-refractivity contribution is 7.19. The Hall–Kier alpha value is -6.42. The molecule has 0 N–H and O–H groups in total. The molecule has 0 unspecified atom stereocenters. The summed E-state index contributed by atoms with van der Waals surface area (Å²) in [6.07, 6.45) is 11.2. The Morgan fingerprint density at radius 2 is 1.08 bits per heavy atom. The molecule has 0 fully saturated rings. The van der Waals surface area contributed by atoms with Crippen molar-refractivity contribution in [3.05, 3.63) is 204 Å². The minimum atomic E-state index is -2.60. The first-order chi connectivity index (χ1) is 26.3. The largest absolute Gasteiger partial charge is 0.456 e. The fraction of sp³-hybridized carbons (Fsp3) is 0.0400. The number of furan rings is 1. The zero-order valence-electron chi connectivity index (χ0n) is 29.3. The number of aryl methyl sites for hydroxylation is 1. The van der Waals surface area contributed by atoms with E-state index in [0.717, 1.165) is 46.0 Å². The number of para-hydroxylation sites is 1. The van der Waals surface area contributed by atoms with E-state index in [2.05, 4.69) is 205 Å². The van der Waals surface area contributed by atoms with E-state index in [0.29, 0.717) is 0 Å². The molecule has 1 aliphatic carbocycles. The standard InChI is InChI=1S/C50H37NOSi/c1-4-16-39(17-5-1)53(40-18-6-2-7-19-40,41-20-8-3-9-21-41)42-22-14-15-36(33-42)27-28-37-29-31-49-45(34-37)46-35-38(30-32-50(46)52-49)51-47-25-12-10-23-43(47)44-24-11-13-26-48(44)51/h1-10,12-23,25-35H,11,24H2/b28-27+. The maximum absolute atomic E-state index is 6.38. The molecule has 2 heterocycles. The number of rotatable bonds is 7. The van der Waals surface area contributed by atoms with Crippen molar-refractivity contribution < 1.29 is 4.42 Å². The molecular formula is C50H37NOSi. The summed E-state index contributed by atoms with van der Waals surface area (Å²) in [5.41, 5.74) is 9.26. The Morgan fingerprint density at radius 1 is 0.491 bits per heavy atom. The van der Waals surface area contributed by atoms with Crippen LogP contribution in [0.15, 0.2) is 186 Å². The number of hydrogen-bond acceptors (Lipinski definition) is 1. The van der Waals surface area contributed by atoms with E-state index in [9.17, 15) is 0 Å². The average molecular weight is 696 g/mol. The van der Waals surface area contributed by atoms with Crippen LogP contribution in [0.25, 0.3) is 56.8 Å². The van der Waals surface area contributed by atoms with Crippen LogP contribution in [0, 0.1) is 0 Å². The van der Waals surface area contributed by atoms with Crippen LogP contribution in [0.3, 0.4) is 0 Å². The van der Waals surface area contributed by atoms with Crippen molar-refractivity contribution in [2.45, 2.75) is 12.8 Å². The SMILES string of the molecule is C1=Cc2c(c3ccccc3n2-c2ccc3oc4ccc(/C=C/c5cccc([Si](c6ccccc6)(c6ccccc6)c6ccccc6)c5)cc4c3c2)CC1. The van der Waals surface area contributed by atoms with Crippen LogP contribution in [0.4, 0.5) is 0 Å². The van der Waals surface area contributed by atoms with Gasteiger partial charge in [0.1, 0.15) is 11.2 Å². The van der Waals surface area contributed by atoms with Gasteiger partial charge in [0.2, 0.25) is 0 Å². The Morgan fingerprint density at radius 3 is 1.77 bits per heavy atom. The van der Waals surface area contributed by atoms with Crippen molar-refractivity contribution in [2.24, 2.45) is 0 Å². The second kappa shape index (κ2) is 13.0. The summed E-state index contributed by atoms with van der Waals surface area (Å²) >= 11 is 0. The van der Waals surface area contributed by atoms with E-state index in [-0.39, 0.29) is 0 Å². The van der Waals surface area contributed by atoms with Crippen molar-refractivity contribution in [3.8, 4) is 5.69 Å². The van der Waals surface area contributed by atoms with Gasteiger partial charge in [-0.3, -0.25) is 0 Å². The van der Waals surface area contributed by atoms with Gasteiger partial charge in [0.25, 0.3) is 0 Å². The highest BCUT2D eigenvalue weighted by atomic mass is 28.3. The molecule has 0 spiro atoms. The maximum Gasteiger partial charge on any atom is 0.179 e. The second-order valence-corrected chi connectivity index (χ2v) is 17.8. The van der Waals surface area contributed by atoms with Gasteiger partial charge in [-0.15, -0.1) is 0 Å². The molecule has 0 saturated heterocycles. The molecule has 0 amide bonds. The molecular weight excluding hydrogens is 659 g/mol. The molecule has 53 heavy (non-hydrogen) atoms. The van der Waals surface area contributed by atoms with Crippen molar-refractivity contribution in [3.63, 3.8) is 0 Å². The summed E-state index contributed by atoms with van der Waals surface area (Å²) in [5, 5.41) is 9.09. The van der Waals surface area contributed by atoms with Gasteiger partial charge in [-0.2, -0.15) is 0 Å². The topological polar surface area (TPSA) is 18.1 Å². The number of hydrogen-bond donors (Lipinski definition) is 0. The van der Waals surface area contributed by atoms with Gasteiger partial charge in [-0.05, 0) is 92.8 Å². The first-order valence-corrected chi connectivity index (χ1v) is 20.5. The minimum Gasteiger partial charge on any atom is -0.456 e. The lowest BCUT2D eigenvalue weighted by Gasteiger charge is -2.34. The molecule has 1 aliphatic rings. The van der Waals surface area contributed by atoms with Crippen LogP contribution in [0.2, 0.25) is 0 Å². The fourth-order valence-electron chi connectivity index (χ4n) is 8.62. The number of benzene rings is 7. The summed E-state index contributed by atoms with van der Waals surface area (Å²) in [4.78, 5) is 0. The molecule has 2 nitrogen and oxygen atoms in total. The van der Waals surface area contributed by atoms with E-state index < -0.39 is 8.07 Å². The average Bonchev–Trinajstić information content (AvgIpc) is 3.77. The van der Waals surface area contributed by atoms with Gasteiger partial charge < -0.3 is 8.98 Å². The van der Waals surface area contributed by atoms with Crippen LogP contribution in [-0.4, -0.2) is 12.6 Å². The molecule has 7 aromatic carbocycles. The lowest BCUT2D eigenvalue weighted by atomic mass is 10.0. The van der Waals surface area contributed by atoms with Gasteiger partial charge in [-0.25, -0.2) is 0 Å². The number of aromatic nitrogens is 1. The normalized spacial score (nSPS) is 13.0. The highest BCUT2D eigenvalue weighted by Crippen LogP contribution is 2.37. The Balaban J connectivity index is 1.06. The lowest BCUT2D eigenvalue weighted by molar-refractivity contribution is 0.669. The summed E-state index contributed by atoms with van der Waals surface area (Å²) in [6, 6.07) is 64.4. The number of nitrogens with zero attached hydrogens (tertiary/aromatic N) is 1. The van der Waals surface area contributed by atoms with Gasteiger partial charge >= 0.3 is 0 Å². The molecule has 0 atom stereocenters.